The van der Waals surface area contributed by atoms with Crippen LogP contribution in [0, 0.1) is 46.3 Å². The van der Waals surface area contributed by atoms with E-state index in [1.54, 1.807) is 11.1 Å². The van der Waals surface area contributed by atoms with Crippen LogP contribution in [0.15, 0.2) is 22.8 Å². The Morgan fingerprint density at radius 1 is 1.00 bits per heavy atom. The lowest BCUT2D eigenvalue weighted by molar-refractivity contribution is -0.0287. The van der Waals surface area contributed by atoms with Crippen molar-refractivity contribution in [3.8, 4) is 0 Å². The molecule has 0 aromatic rings. The fraction of sp³-hybridized carbons (Fsp3) is 0.862. The molecule has 1 saturated carbocycles. The van der Waals surface area contributed by atoms with Crippen molar-refractivity contribution in [1.82, 2.24) is 0 Å². The molecule has 0 aromatic heterocycles. The SMILES string of the molecule is CC(C)C(C)CCC(C)C1CC=C2C3=C(CCC21C)C1(C)CC[C@H](O)[C@@H](C)C1CC3. The molecule has 0 spiro atoms. The Morgan fingerprint density at radius 2 is 1.73 bits per heavy atom. The predicted molar refractivity (Wildman–Crippen MR) is 128 cm³/mol. The van der Waals surface area contributed by atoms with Crippen molar-refractivity contribution < 1.29 is 5.11 Å². The Balaban J connectivity index is 1.55. The second-order valence-electron chi connectivity index (χ2n) is 12.6. The monoisotopic (exact) mass is 412 g/mol. The molecule has 0 aromatic carbocycles. The zero-order valence-corrected chi connectivity index (χ0v) is 20.9. The maximum atomic E-state index is 10.5. The third-order valence-corrected chi connectivity index (χ3v) is 10.9. The summed E-state index contributed by atoms with van der Waals surface area (Å²) in [5.41, 5.74) is 6.09. The van der Waals surface area contributed by atoms with Gasteiger partial charge in [-0.15, -0.1) is 0 Å². The van der Waals surface area contributed by atoms with Gasteiger partial charge in [0.25, 0.3) is 0 Å². The molecule has 0 bridgehead atoms. The molecular weight excluding hydrogens is 364 g/mol. The molecule has 1 fully saturated rings. The Kier molecular flexibility index (Phi) is 6.10. The highest BCUT2D eigenvalue weighted by molar-refractivity contribution is 5.49. The first kappa shape index (κ1) is 22.6. The van der Waals surface area contributed by atoms with E-state index in [4.69, 9.17) is 0 Å². The lowest BCUT2D eigenvalue weighted by atomic mass is 9.49. The summed E-state index contributed by atoms with van der Waals surface area (Å²) in [6, 6.07) is 0. The van der Waals surface area contributed by atoms with Crippen LogP contribution in [0.4, 0.5) is 0 Å². The summed E-state index contributed by atoms with van der Waals surface area (Å²) < 4.78 is 0. The van der Waals surface area contributed by atoms with Gasteiger partial charge in [0.15, 0.2) is 0 Å². The number of allylic oxidation sites excluding steroid dienone is 4. The van der Waals surface area contributed by atoms with Gasteiger partial charge in [-0.1, -0.05) is 73.0 Å². The maximum absolute atomic E-state index is 10.5. The Bertz CT molecular complexity index is 714. The zero-order chi connectivity index (χ0) is 21.8. The van der Waals surface area contributed by atoms with E-state index in [9.17, 15) is 5.11 Å². The van der Waals surface area contributed by atoms with Crippen LogP contribution < -0.4 is 0 Å². The molecular formula is C29H48O. The van der Waals surface area contributed by atoms with Crippen molar-refractivity contribution >= 4 is 0 Å². The van der Waals surface area contributed by atoms with Gasteiger partial charge < -0.3 is 5.11 Å². The molecule has 1 heteroatoms. The van der Waals surface area contributed by atoms with E-state index in [-0.39, 0.29) is 6.10 Å². The first-order chi connectivity index (χ1) is 14.1. The molecule has 1 N–H and O–H groups in total. The first-order valence-electron chi connectivity index (χ1n) is 13.2. The summed E-state index contributed by atoms with van der Waals surface area (Å²) in [5, 5.41) is 10.5. The highest BCUT2D eigenvalue weighted by Gasteiger charge is 2.54. The molecule has 4 rings (SSSR count). The van der Waals surface area contributed by atoms with Crippen LogP contribution in [0.5, 0.6) is 0 Å². The van der Waals surface area contributed by atoms with E-state index in [1.165, 1.54) is 51.4 Å². The topological polar surface area (TPSA) is 20.2 Å². The number of aliphatic hydroxyl groups excluding tert-OH is 1. The Labute approximate surface area is 186 Å². The van der Waals surface area contributed by atoms with Gasteiger partial charge in [0.2, 0.25) is 0 Å². The summed E-state index contributed by atoms with van der Waals surface area (Å²) in [4.78, 5) is 0. The molecule has 4 aliphatic rings. The fourth-order valence-corrected chi connectivity index (χ4v) is 8.26. The summed E-state index contributed by atoms with van der Waals surface area (Å²) in [6.45, 7) is 17.2. The van der Waals surface area contributed by atoms with Gasteiger partial charge in [-0.3, -0.25) is 0 Å². The molecule has 0 heterocycles. The average Bonchev–Trinajstić information content (AvgIpc) is 3.06. The number of aliphatic hydroxyl groups is 1. The summed E-state index contributed by atoms with van der Waals surface area (Å²) in [5.74, 6) is 4.44. The van der Waals surface area contributed by atoms with E-state index in [0.717, 1.165) is 30.1 Å². The van der Waals surface area contributed by atoms with E-state index < -0.39 is 0 Å². The van der Waals surface area contributed by atoms with Crippen molar-refractivity contribution in [2.24, 2.45) is 46.3 Å². The lowest BCUT2D eigenvalue weighted by Gasteiger charge is -2.55. The molecule has 1 nitrogen and oxygen atoms in total. The van der Waals surface area contributed by atoms with Crippen molar-refractivity contribution in [2.45, 2.75) is 112 Å². The van der Waals surface area contributed by atoms with Gasteiger partial charge in [-0.05, 0) is 102 Å². The van der Waals surface area contributed by atoms with Gasteiger partial charge in [0, 0.05) is 0 Å². The quantitative estimate of drug-likeness (QED) is 0.486. The van der Waals surface area contributed by atoms with Crippen molar-refractivity contribution in [3.63, 3.8) is 0 Å². The summed E-state index contributed by atoms with van der Waals surface area (Å²) in [7, 11) is 0. The molecule has 0 radical (unpaired) electrons. The minimum atomic E-state index is -0.0803. The van der Waals surface area contributed by atoms with Gasteiger partial charge in [-0.25, -0.2) is 0 Å². The number of rotatable bonds is 5. The van der Waals surface area contributed by atoms with Crippen LogP contribution in [0.25, 0.3) is 0 Å². The van der Waals surface area contributed by atoms with Crippen LogP contribution >= 0.6 is 0 Å². The van der Waals surface area contributed by atoms with Gasteiger partial charge in [-0.2, -0.15) is 0 Å². The predicted octanol–water partition coefficient (Wildman–Crippen LogP) is 7.94. The Hall–Kier alpha value is -0.560. The lowest BCUT2D eigenvalue weighted by Crippen LogP contribution is -2.48. The maximum Gasteiger partial charge on any atom is 0.0569 e. The molecule has 8 atom stereocenters. The normalized spacial score (nSPS) is 43.0. The molecule has 30 heavy (non-hydrogen) atoms. The van der Waals surface area contributed by atoms with E-state index >= 15 is 0 Å². The summed E-state index contributed by atoms with van der Waals surface area (Å²) >= 11 is 0. The minimum absolute atomic E-state index is 0.0803. The van der Waals surface area contributed by atoms with Gasteiger partial charge in [0.05, 0.1) is 6.10 Å². The van der Waals surface area contributed by atoms with Crippen molar-refractivity contribution in [2.75, 3.05) is 0 Å². The largest absolute Gasteiger partial charge is 0.393 e. The first-order valence-corrected chi connectivity index (χ1v) is 13.2. The van der Waals surface area contributed by atoms with Crippen LogP contribution in [-0.4, -0.2) is 11.2 Å². The molecule has 0 aliphatic heterocycles. The fourth-order valence-electron chi connectivity index (χ4n) is 8.26. The number of hydrogen-bond acceptors (Lipinski definition) is 1. The molecule has 0 amide bonds. The second kappa shape index (κ2) is 8.09. The van der Waals surface area contributed by atoms with Crippen molar-refractivity contribution in [1.29, 1.82) is 0 Å². The highest BCUT2D eigenvalue weighted by atomic mass is 16.3. The van der Waals surface area contributed by atoms with E-state index in [2.05, 4.69) is 54.5 Å². The van der Waals surface area contributed by atoms with E-state index in [1.807, 2.05) is 5.57 Å². The standard InChI is InChI=1S/C29H48O/c1-18(2)19(3)8-9-20(4)23-12-13-25-22-10-11-24-21(5)27(30)15-17-29(24,7)26(22)14-16-28(23,25)6/h13,18-21,23-24,27,30H,8-12,14-17H2,1-7H3/t19?,20?,21-,23?,24?,27-,28?,29?/m0/s1. The van der Waals surface area contributed by atoms with Gasteiger partial charge >= 0.3 is 0 Å². The van der Waals surface area contributed by atoms with Crippen LogP contribution in [0.3, 0.4) is 0 Å². The van der Waals surface area contributed by atoms with Crippen molar-refractivity contribution in [3.05, 3.63) is 22.8 Å². The Morgan fingerprint density at radius 3 is 2.43 bits per heavy atom. The average molecular weight is 413 g/mol. The smallest absolute Gasteiger partial charge is 0.0569 e. The van der Waals surface area contributed by atoms with Crippen LogP contribution in [-0.2, 0) is 0 Å². The molecule has 0 saturated heterocycles. The third kappa shape index (κ3) is 3.46. The van der Waals surface area contributed by atoms with E-state index in [0.29, 0.717) is 22.7 Å². The van der Waals surface area contributed by atoms with Gasteiger partial charge in [0.1, 0.15) is 0 Å². The minimum Gasteiger partial charge on any atom is -0.393 e. The summed E-state index contributed by atoms with van der Waals surface area (Å²) in [6.07, 6.45) is 14.1. The third-order valence-electron chi connectivity index (χ3n) is 10.9. The number of fused-ring (bicyclic) bond motifs is 4. The highest BCUT2D eigenvalue weighted by Crippen LogP contribution is 2.64. The van der Waals surface area contributed by atoms with Crippen LogP contribution in [0.1, 0.15) is 106 Å². The molecule has 170 valence electrons. The zero-order valence-electron chi connectivity index (χ0n) is 20.9. The molecule has 6 unspecified atom stereocenters. The van der Waals surface area contributed by atoms with Crippen LogP contribution in [0.2, 0.25) is 0 Å². The molecule has 4 aliphatic carbocycles. The number of hydrogen-bond donors (Lipinski definition) is 1. The second-order valence-corrected chi connectivity index (χ2v) is 12.6.